The average Bonchev–Trinajstić information content (AvgIpc) is 3.33. The first-order valence-corrected chi connectivity index (χ1v) is 12.6. The number of esters is 1. The van der Waals surface area contributed by atoms with E-state index in [4.69, 9.17) is 9.47 Å². The molecule has 2 aromatic carbocycles. The zero-order chi connectivity index (χ0) is 22.8. The molecular weight excluding hydrogens is 422 g/mol. The number of nitrogens with one attached hydrogen (secondary N) is 1. The summed E-state index contributed by atoms with van der Waals surface area (Å²) in [4.78, 5) is 26.6. The predicted molar refractivity (Wildman–Crippen MR) is 129 cm³/mol. The molecule has 0 saturated carbocycles. The molecule has 0 radical (unpaired) electrons. The molecule has 1 fully saturated rings. The summed E-state index contributed by atoms with van der Waals surface area (Å²) in [7, 11) is 0. The number of para-hydroxylation sites is 1. The van der Waals surface area contributed by atoms with Crippen molar-refractivity contribution in [1.29, 1.82) is 0 Å². The van der Waals surface area contributed by atoms with Crippen LogP contribution in [-0.2, 0) is 14.3 Å². The van der Waals surface area contributed by atoms with Gasteiger partial charge in [-0.2, -0.15) is 0 Å². The molecule has 0 aliphatic carbocycles. The number of Topliss-reactive ketones (excluding diaryl/α,β-unsaturated/α-hetero) is 1. The van der Waals surface area contributed by atoms with E-state index in [1.807, 2.05) is 54.6 Å². The van der Waals surface area contributed by atoms with Crippen LogP contribution in [0.2, 0.25) is 0 Å². The van der Waals surface area contributed by atoms with Crippen LogP contribution in [0.1, 0.15) is 51.0 Å². The Kier molecular flexibility index (Phi) is 9.62. The molecule has 2 aromatic rings. The lowest BCUT2D eigenvalue weighted by molar-refractivity contribution is -0.148. The maximum absolute atomic E-state index is 13.4. The minimum absolute atomic E-state index is 0.0998. The standard InChI is InChI=1S/C26H33NO4S/c1-3-5-7-15-22(28)24(25-27-16-17-32-25)23(26(29)30-4-2)19-11-10-14-21(18-19)31-20-12-8-6-9-13-20/h6,8-14,18,23-25,27H,3-5,7,15-17H2,1-2H3. The lowest BCUT2D eigenvalue weighted by Gasteiger charge is -2.29. The van der Waals surface area contributed by atoms with Crippen LogP contribution in [-0.4, -0.2) is 36.0 Å². The normalized spacial score (nSPS) is 17.5. The largest absolute Gasteiger partial charge is 0.466 e. The molecule has 6 heteroatoms. The molecule has 172 valence electrons. The Bertz CT molecular complexity index is 867. The third-order valence-electron chi connectivity index (χ3n) is 5.57. The third-order valence-corrected chi connectivity index (χ3v) is 6.82. The summed E-state index contributed by atoms with van der Waals surface area (Å²) < 4.78 is 11.5. The number of thioether (sulfide) groups is 1. The highest BCUT2D eigenvalue weighted by Crippen LogP contribution is 2.38. The van der Waals surface area contributed by atoms with E-state index in [2.05, 4.69) is 12.2 Å². The molecular formula is C26H33NO4S. The molecule has 5 nitrogen and oxygen atoms in total. The van der Waals surface area contributed by atoms with Crippen LogP contribution in [0.4, 0.5) is 0 Å². The average molecular weight is 456 g/mol. The van der Waals surface area contributed by atoms with Crippen molar-refractivity contribution in [2.45, 2.75) is 50.8 Å². The van der Waals surface area contributed by atoms with Gasteiger partial charge in [0.1, 0.15) is 17.3 Å². The van der Waals surface area contributed by atoms with Crippen LogP contribution < -0.4 is 10.1 Å². The summed E-state index contributed by atoms with van der Waals surface area (Å²) in [5.74, 6) is 0.891. The monoisotopic (exact) mass is 455 g/mol. The van der Waals surface area contributed by atoms with Crippen molar-refractivity contribution in [2.24, 2.45) is 5.92 Å². The zero-order valence-corrected chi connectivity index (χ0v) is 19.7. The SMILES string of the molecule is CCCCCC(=O)C(C1NCCS1)C(C(=O)OCC)c1cccc(Oc2ccccc2)c1. The third kappa shape index (κ3) is 6.59. The number of carbonyl (C=O) groups excluding carboxylic acids is 2. The molecule has 0 bridgehead atoms. The predicted octanol–water partition coefficient (Wildman–Crippen LogP) is 5.55. The van der Waals surface area contributed by atoms with Crippen LogP contribution in [0.5, 0.6) is 11.5 Å². The summed E-state index contributed by atoms with van der Waals surface area (Å²) >= 11 is 1.71. The van der Waals surface area contributed by atoms with Crippen LogP contribution in [0, 0.1) is 5.92 Å². The van der Waals surface area contributed by atoms with Crippen molar-refractivity contribution in [2.75, 3.05) is 18.9 Å². The van der Waals surface area contributed by atoms with Gasteiger partial charge in [0, 0.05) is 18.7 Å². The summed E-state index contributed by atoms with van der Waals surface area (Å²) in [6.07, 6.45) is 3.38. The molecule has 1 aliphatic heterocycles. The molecule has 1 heterocycles. The Morgan fingerprint density at radius 1 is 1.06 bits per heavy atom. The van der Waals surface area contributed by atoms with Gasteiger partial charge in [0.2, 0.25) is 0 Å². The van der Waals surface area contributed by atoms with Crippen molar-refractivity contribution >= 4 is 23.5 Å². The summed E-state index contributed by atoms with van der Waals surface area (Å²) in [6.45, 7) is 5.03. The molecule has 1 saturated heterocycles. The van der Waals surface area contributed by atoms with Crippen LogP contribution in [0.25, 0.3) is 0 Å². The van der Waals surface area contributed by atoms with Crippen molar-refractivity contribution in [3.05, 3.63) is 60.2 Å². The lowest BCUT2D eigenvalue weighted by atomic mass is 9.81. The Morgan fingerprint density at radius 2 is 1.84 bits per heavy atom. The molecule has 3 rings (SSSR count). The fourth-order valence-electron chi connectivity index (χ4n) is 4.04. The highest BCUT2D eigenvalue weighted by atomic mass is 32.2. The van der Waals surface area contributed by atoms with E-state index in [9.17, 15) is 9.59 Å². The molecule has 0 amide bonds. The minimum Gasteiger partial charge on any atom is -0.466 e. The Morgan fingerprint density at radius 3 is 2.53 bits per heavy atom. The summed E-state index contributed by atoms with van der Waals surface area (Å²) in [6, 6.07) is 17.0. The number of carbonyl (C=O) groups is 2. The number of unbranched alkanes of at least 4 members (excludes halogenated alkanes) is 2. The van der Waals surface area contributed by atoms with Crippen LogP contribution in [0.3, 0.4) is 0 Å². The fraction of sp³-hybridized carbons (Fsp3) is 0.462. The van der Waals surface area contributed by atoms with E-state index in [0.29, 0.717) is 12.2 Å². The van der Waals surface area contributed by atoms with Crippen molar-refractivity contribution < 1.29 is 19.1 Å². The topological polar surface area (TPSA) is 64.6 Å². The Labute approximate surface area is 195 Å². The maximum atomic E-state index is 13.4. The number of ether oxygens (including phenoxy) is 2. The molecule has 0 aromatic heterocycles. The zero-order valence-electron chi connectivity index (χ0n) is 18.9. The van der Waals surface area contributed by atoms with Crippen LogP contribution >= 0.6 is 11.8 Å². The van der Waals surface area contributed by atoms with Gasteiger partial charge in [-0.3, -0.25) is 9.59 Å². The molecule has 0 spiro atoms. The van der Waals surface area contributed by atoms with E-state index in [0.717, 1.165) is 42.9 Å². The quantitative estimate of drug-likeness (QED) is 0.334. The van der Waals surface area contributed by atoms with E-state index in [1.165, 1.54) is 0 Å². The highest BCUT2D eigenvalue weighted by Gasteiger charge is 2.42. The minimum atomic E-state index is -0.675. The van der Waals surface area contributed by atoms with Gasteiger partial charge in [0.15, 0.2) is 0 Å². The van der Waals surface area contributed by atoms with Crippen molar-refractivity contribution in [1.82, 2.24) is 5.32 Å². The van der Waals surface area contributed by atoms with E-state index in [-0.39, 0.29) is 23.7 Å². The maximum Gasteiger partial charge on any atom is 0.314 e. The second-order valence-corrected chi connectivity index (χ2v) is 9.16. The van der Waals surface area contributed by atoms with Gasteiger partial charge in [0.05, 0.1) is 23.8 Å². The van der Waals surface area contributed by atoms with Gasteiger partial charge >= 0.3 is 5.97 Å². The second-order valence-electron chi connectivity index (χ2n) is 7.91. The Hall–Kier alpha value is -2.31. The van der Waals surface area contributed by atoms with E-state index >= 15 is 0 Å². The smallest absolute Gasteiger partial charge is 0.314 e. The molecule has 32 heavy (non-hydrogen) atoms. The Balaban J connectivity index is 1.93. The van der Waals surface area contributed by atoms with Gasteiger partial charge in [-0.05, 0) is 43.2 Å². The first-order valence-electron chi connectivity index (χ1n) is 11.5. The lowest BCUT2D eigenvalue weighted by Crippen LogP contribution is -2.41. The molecule has 3 unspecified atom stereocenters. The first kappa shape index (κ1) is 24.3. The number of benzene rings is 2. The molecule has 3 atom stereocenters. The highest BCUT2D eigenvalue weighted by molar-refractivity contribution is 8.00. The number of ketones is 1. The number of hydrogen-bond acceptors (Lipinski definition) is 6. The van der Waals surface area contributed by atoms with Gasteiger partial charge in [-0.1, -0.05) is 50.1 Å². The van der Waals surface area contributed by atoms with Gasteiger partial charge in [-0.15, -0.1) is 11.8 Å². The number of rotatable bonds is 12. The first-order chi connectivity index (χ1) is 15.6. The fourth-order valence-corrected chi connectivity index (χ4v) is 5.28. The van der Waals surface area contributed by atoms with E-state index < -0.39 is 11.8 Å². The van der Waals surface area contributed by atoms with E-state index in [1.54, 1.807) is 18.7 Å². The van der Waals surface area contributed by atoms with Crippen LogP contribution in [0.15, 0.2) is 54.6 Å². The summed E-state index contributed by atoms with van der Waals surface area (Å²) in [5, 5.41) is 3.33. The molecule has 1 N–H and O–H groups in total. The summed E-state index contributed by atoms with van der Waals surface area (Å²) in [5.41, 5.74) is 0.750. The van der Waals surface area contributed by atoms with Gasteiger partial charge in [0.25, 0.3) is 0 Å². The van der Waals surface area contributed by atoms with Gasteiger partial charge in [-0.25, -0.2) is 0 Å². The van der Waals surface area contributed by atoms with Gasteiger partial charge < -0.3 is 14.8 Å². The number of hydrogen-bond donors (Lipinski definition) is 1. The molecule has 1 aliphatic rings. The van der Waals surface area contributed by atoms with Crippen molar-refractivity contribution in [3.63, 3.8) is 0 Å². The van der Waals surface area contributed by atoms with Crippen molar-refractivity contribution in [3.8, 4) is 11.5 Å². The second kappa shape index (κ2) is 12.7.